The lowest BCUT2D eigenvalue weighted by molar-refractivity contribution is 0.0684. The molecule has 0 aliphatic rings. The summed E-state index contributed by atoms with van der Waals surface area (Å²) in [5, 5.41) is 26.9. The Balaban J connectivity index is 2.27. The van der Waals surface area contributed by atoms with E-state index in [0.29, 0.717) is 24.4 Å². The fraction of sp³-hybridized carbons (Fsp3) is 0.538. The second-order valence-corrected chi connectivity index (χ2v) is 9.82. The van der Waals surface area contributed by atoms with Crippen LogP contribution in [0.5, 0.6) is 0 Å². The number of unbranched alkanes of at least 4 members (excludes halogenated alkanes) is 3. The van der Waals surface area contributed by atoms with Crippen molar-refractivity contribution in [2.24, 2.45) is 7.05 Å². The fourth-order valence-electron chi connectivity index (χ4n) is 5.03. The van der Waals surface area contributed by atoms with Crippen molar-refractivity contribution in [2.75, 3.05) is 11.9 Å². The van der Waals surface area contributed by atoms with Crippen LogP contribution in [-0.4, -0.2) is 42.5 Å². The number of nitrogens with zero attached hydrogens (tertiary/aromatic N) is 3. The number of aromatic nitrogens is 3. The summed E-state index contributed by atoms with van der Waals surface area (Å²) in [6, 6.07) is 3.80. The highest BCUT2D eigenvalue weighted by Crippen LogP contribution is 2.42. The number of aliphatic hydroxyl groups is 1. The molecular formula is C26H35BrClN3O3. The Morgan fingerprint density at radius 2 is 1.82 bits per heavy atom. The quantitative estimate of drug-likeness (QED) is 0.190. The number of alkyl halides is 1. The largest absolute Gasteiger partial charge is 0.477 e. The van der Waals surface area contributed by atoms with Gasteiger partial charge < -0.3 is 14.8 Å². The number of rotatable bonds is 13. The first-order valence-corrected chi connectivity index (χ1v) is 13.7. The zero-order valence-electron chi connectivity index (χ0n) is 20.3. The van der Waals surface area contributed by atoms with Crippen molar-refractivity contribution in [3.8, 4) is 11.1 Å². The number of hydrogen-bond acceptors (Lipinski definition) is 3. The minimum Gasteiger partial charge on any atom is -0.477 e. The maximum atomic E-state index is 12.4. The Kier molecular flexibility index (Phi) is 9.63. The maximum Gasteiger partial charge on any atom is 0.352 e. The van der Waals surface area contributed by atoms with Crippen molar-refractivity contribution in [2.45, 2.75) is 71.8 Å². The molecule has 0 atom stereocenters. The van der Waals surface area contributed by atoms with Crippen molar-refractivity contribution in [3.63, 3.8) is 0 Å². The van der Waals surface area contributed by atoms with Crippen LogP contribution in [0.15, 0.2) is 12.1 Å². The fourth-order valence-corrected chi connectivity index (χ4v) is 5.67. The molecule has 3 rings (SSSR count). The van der Waals surface area contributed by atoms with Gasteiger partial charge in [-0.3, -0.25) is 4.68 Å². The van der Waals surface area contributed by atoms with Crippen LogP contribution in [0, 0.1) is 0 Å². The first-order valence-electron chi connectivity index (χ1n) is 12.2. The summed E-state index contributed by atoms with van der Waals surface area (Å²) in [4.78, 5) is 12.4. The van der Waals surface area contributed by atoms with Crippen LogP contribution in [0.1, 0.15) is 73.4 Å². The van der Waals surface area contributed by atoms with Crippen molar-refractivity contribution in [3.05, 3.63) is 39.8 Å². The summed E-state index contributed by atoms with van der Waals surface area (Å²) in [6.45, 7) is 4.60. The van der Waals surface area contributed by atoms with E-state index in [4.69, 9.17) is 16.7 Å². The normalized spacial score (nSPS) is 11.6. The molecule has 186 valence electrons. The predicted molar refractivity (Wildman–Crippen MR) is 143 cm³/mol. The molecule has 0 aliphatic heterocycles. The molecule has 2 N–H and O–H groups in total. The highest BCUT2D eigenvalue weighted by atomic mass is 79.9. The van der Waals surface area contributed by atoms with Gasteiger partial charge in [-0.2, -0.15) is 5.10 Å². The molecule has 0 spiro atoms. The van der Waals surface area contributed by atoms with Crippen molar-refractivity contribution in [1.29, 1.82) is 0 Å². The molecule has 0 unspecified atom stereocenters. The van der Waals surface area contributed by atoms with Gasteiger partial charge >= 0.3 is 5.97 Å². The van der Waals surface area contributed by atoms with E-state index >= 15 is 0 Å². The van der Waals surface area contributed by atoms with Gasteiger partial charge in [0.15, 0.2) is 0 Å². The van der Waals surface area contributed by atoms with Crippen molar-refractivity contribution >= 4 is 44.4 Å². The van der Waals surface area contributed by atoms with Crippen LogP contribution in [0.3, 0.4) is 0 Å². The van der Waals surface area contributed by atoms with E-state index in [0.717, 1.165) is 70.0 Å². The van der Waals surface area contributed by atoms with Gasteiger partial charge in [-0.25, -0.2) is 4.79 Å². The highest BCUT2D eigenvalue weighted by molar-refractivity contribution is 9.09. The summed E-state index contributed by atoms with van der Waals surface area (Å²) >= 11 is 10.4. The molecule has 0 radical (unpaired) electrons. The van der Waals surface area contributed by atoms with E-state index in [2.05, 4.69) is 22.9 Å². The number of fused-ring (bicyclic) bond motifs is 1. The third-order valence-corrected chi connectivity index (χ3v) is 7.38. The summed E-state index contributed by atoms with van der Waals surface area (Å²) in [6.07, 6.45) is 7.19. The van der Waals surface area contributed by atoms with Crippen LogP contribution in [0.4, 0.5) is 0 Å². The van der Waals surface area contributed by atoms with Gasteiger partial charge in [0.25, 0.3) is 0 Å². The molecule has 3 aromatic rings. The molecular weight excluding hydrogens is 518 g/mol. The lowest BCUT2D eigenvalue weighted by Gasteiger charge is -2.14. The van der Waals surface area contributed by atoms with Crippen molar-refractivity contribution < 1.29 is 15.0 Å². The van der Waals surface area contributed by atoms with Crippen LogP contribution in [0.2, 0.25) is 5.02 Å². The van der Waals surface area contributed by atoms with Crippen LogP contribution >= 0.6 is 27.5 Å². The zero-order valence-corrected chi connectivity index (χ0v) is 22.7. The van der Waals surface area contributed by atoms with Gasteiger partial charge in [0, 0.05) is 47.7 Å². The summed E-state index contributed by atoms with van der Waals surface area (Å²) in [5.41, 5.74) is 5.93. The number of carboxylic acids is 1. The molecule has 0 bridgehead atoms. The molecule has 0 saturated carbocycles. The van der Waals surface area contributed by atoms with E-state index in [-0.39, 0.29) is 12.3 Å². The molecule has 0 aliphatic carbocycles. The Morgan fingerprint density at radius 3 is 2.44 bits per heavy atom. The lowest BCUT2D eigenvalue weighted by Crippen LogP contribution is -2.10. The second kappa shape index (κ2) is 12.2. The number of benzene rings is 1. The summed E-state index contributed by atoms with van der Waals surface area (Å²) < 4.78 is 3.82. The van der Waals surface area contributed by atoms with E-state index in [1.807, 2.05) is 35.4 Å². The molecule has 0 amide bonds. The zero-order chi connectivity index (χ0) is 24.8. The molecule has 2 heterocycles. The first kappa shape index (κ1) is 26.8. The third-order valence-electron chi connectivity index (χ3n) is 6.50. The molecule has 0 saturated heterocycles. The molecule has 8 heteroatoms. The van der Waals surface area contributed by atoms with E-state index in [1.54, 1.807) is 0 Å². The predicted octanol–water partition coefficient (Wildman–Crippen LogP) is 6.40. The smallest absolute Gasteiger partial charge is 0.352 e. The molecule has 0 fully saturated rings. The summed E-state index contributed by atoms with van der Waals surface area (Å²) in [5.74, 6) is -0.957. The lowest BCUT2D eigenvalue weighted by atomic mass is 9.95. The monoisotopic (exact) mass is 551 g/mol. The number of hydrogen-bond donors (Lipinski definition) is 2. The van der Waals surface area contributed by atoms with Gasteiger partial charge in [-0.1, -0.05) is 53.4 Å². The molecule has 2 aromatic heterocycles. The second-order valence-electron chi connectivity index (χ2n) is 8.62. The number of aromatic carboxylic acids is 1. The average Bonchev–Trinajstić information content (AvgIpc) is 3.31. The molecule has 6 nitrogen and oxygen atoms in total. The van der Waals surface area contributed by atoms with E-state index in [1.165, 1.54) is 12.8 Å². The topological polar surface area (TPSA) is 80.3 Å². The van der Waals surface area contributed by atoms with Gasteiger partial charge in [0.1, 0.15) is 5.69 Å². The minimum absolute atomic E-state index is 0.0140. The Bertz CT molecular complexity index is 1150. The standard InChI is InChI=1S/C26H35BrClN3O3/c1-4-21-23(20(29-30(21)3)12-8-6-7-9-15-27)22-19(28)14-13-18-17(11-10-16-32)25(26(33)34)31(5-2)24(18)22/h13-14,32H,4-12,15-16H2,1-3H3,(H,33,34). The number of carboxylic acid groups (broad SMARTS) is 1. The first-order chi connectivity index (χ1) is 16.4. The van der Waals surface area contributed by atoms with Crippen molar-refractivity contribution in [1.82, 2.24) is 14.3 Å². The van der Waals surface area contributed by atoms with Gasteiger partial charge in [0.05, 0.1) is 16.2 Å². The van der Waals surface area contributed by atoms with E-state index in [9.17, 15) is 15.0 Å². The molecule has 34 heavy (non-hydrogen) atoms. The Hall–Kier alpha value is -1.83. The number of aliphatic hydroxyl groups excluding tert-OH is 1. The van der Waals surface area contributed by atoms with Crippen LogP contribution < -0.4 is 0 Å². The van der Waals surface area contributed by atoms with Gasteiger partial charge in [-0.05, 0) is 57.1 Å². The Morgan fingerprint density at radius 1 is 1.09 bits per heavy atom. The van der Waals surface area contributed by atoms with Crippen LogP contribution in [-0.2, 0) is 32.9 Å². The van der Waals surface area contributed by atoms with Crippen LogP contribution in [0.25, 0.3) is 22.0 Å². The van der Waals surface area contributed by atoms with Gasteiger partial charge in [-0.15, -0.1) is 0 Å². The average molecular weight is 553 g/mol. The number of carbonyl (C=O) groups is 1. The number of aryl methyl sites for hydroxylation is 4. The van der Waals surface area contributed by atoms with E-state index < -0.39 is 5.97 Å². The number of halogens is 2. The SMILES string of the molecule is CCc1c(-c2c(Cl)ccc3c(CCCO)c(C(=O)O)n(CC)c23)c(CCCCCCBr)nn1C. The summed E-state index contributed by atoms with van der Waals surface area (Å²) in [7, 11) is 1.97. The van der Waals surface area contributed by atoms with Gasteiger partial charge in [0.2, 0.25) is 0 Å². The molecule has 1 aromatic carbocycles. The Labute approximate surface area is 215 Å². The maximum absolute atomic E-state index is 12.4. The minimum atomic E-state index is -0.957. The third kappa shape index (κ3) is 5.21. The highest BCUT2D eigenvalue weighted by Gasteiger charge is 2.28.